The Hall–Kier alpha value is -0.0800. The van der Waals surface area contributed by atoms with Gasteiger partial charge >= 0.3 is 0 Å². The molecule has 0 aliphatic heterocycles. The van der Waals surface area contributed by atoms with Gasteiger partial charge in [0.25, 0.3) is 0 Å². The maximum absolute atomic E-state index is 6.54. The van der Waals surface area contributed by atoms with Gasteiger partial charge in [-0.3, -0.25) is 0 Å². The van der Waals surface area contributed by atoms with Crippen LogP contribution in [0.15, 0.2) is 0 Å². The van der Waals surface area contributed by atoms with Crippen LogP contribution in [-0.4, -0.2) is 24.9 Å². The third kappa shape index (κ3) is 6.58. The van der Waals surface area contributed by atoms with E-state index < -0.39 is 0 Å². The Morgan fingerprint density at radius 3 is 2.50 bits per heavy atom. The molecule has 0 aromatic carbocycles. The highest BCUT2D eigenvalue weighted by molar-refractivity contribution is 4.90. The Balaban J connectivity index is 2.38. The van der Waals surface area contributed by atoms with E-state index in [0.717, 1.165) is 25.6 Å². The predicted octanol–water partition coefficient (Wildman–Crippen LogP) is 5.84. The summed E-state index contributed by atoms with van der Waals surface area (Å²) in [5.74, 6) is 1.99. The van der Waals surface area contributed by atoms with Crippen LogP contribution in [-0.2, 0) is 9.47 Å². The highest BCUT2D eigenvalue weighted by Crippen LogP contribution is 2.40. The summed E-state index contributed by atoms with van der Waals surface area (Å²) in [5.41, 5.74) is 0.123. The van der Waals surface area contributed by atoms with Crippen molar-refractivity contribution in [1.29, 1.82) is 0 Å². The molecule has 4 unspecified atom stereocenters. The van der Waals surface area contributed by atoms with E-state index in [2.05, 4.69) is 41.5 Å². The lowest BCUT2D eigenvalue weighted by Gasteiger charge is -2.44. The topological polar surface area (TPSA) is 18.5 Å². The second kappa shape index (κ2) is 9.93. The molecule has 4 atom stereocenters. The zero-order chi connectivity index (χ0) is 16.6. The van der Waals surface area contributed by atoms with Crippen molar-refractivity contribution in [2.45, 2.75) is 98.2 Å². The summed E-state index contributed by atoms with van der Waals surface area (Å²) in [4.78, 5) is 0. The van der Waals surface area contributed by atoms with Crippen molar-refractivity contribution in [2.75, 3.05) is 13.2 Å². The predicted molar refractivity (Wildman–Crippen MR) is 95.3 cm³/mol. The minimum atomic E-state index is 0.123. The Morgan fingerprint density at radius 2 is 1.91 bits per heavy atom. The lowest BCUT2D eigenvalue weighted by atomic mass is 9.73. The smallest absolute Gasteiger partial charge is 0.0708 e. The highest BCUT2D eigenvalue weighted by Gasteiger charge is 2.38. The van der Waals surface area contributed by atoms with Crippen LogP contribution in [0.4, 0.5) is 0 Å². The average Bonchev–Trinajstić information content (AvgIpc) is 2.45. The van der Waals surface area contributed by atoms with Crippen molar-refractivity contribution < 1.29 is 9.47 Å². The summed E-state index contributed by atoms with van der Waals surface area (Å²) in [6.45, 7) is 15.5. The molecule has 0 N–H and O–H groups in total. The van der Waals surface area contributed by atoms with Crippen LogP contribution in [0.25, 0.3) is 0 Å². The van der Waals surface area contributed by atoms with Gasteiger partial charge < -0.3 is 9.47 Å². The SMILES string of the molecule is CCCCOC(C)CC(C)COC1(C(C)C)CCCC(C)C1. The van der Waals surface area contributed by atoms with E-state index in [9.17, 15) is 0 Å². The monoisotopic (exact) mass is 312 g/mol. The first-order valence-electron chi connectivity index (χ1n) is 9.65. The maximum atomic E-state index is 6.54. The molecule has 2 heteroatoms. The van der Waals surface area contributed by atoms with Crippen LogP contribution in [0.5, 0.6) is 0 Å². The van der Waals surface area contributed by atoms with Crippen molar-refractivity contribution in [1.82, 2.24) is 0 Å². The number of rotatable bonds is 10. The van der Waals surface area contributed by atoms with Crippen molar-refractivity contribution in [3.8, 4) is 0 Å². The number of unbranched alkanes of at least 4 members (excludes halogenated alkanes) is 1. The molecule has 1 aliphatic carbocycles. The molecule has 1 fully saturated rings. The van der Waals surface area contributed by atoms with Crippen LogP contribution >= 0.6 is 0 Å². The van der Waals surface area contributed by atoms with Gasteiger partial charge in [-0.25, -0.2) is 0 Å². The second-order valence-electron chi connectivity index (χ2n) is 8.11. The second-order valence-corrected chi connectivity index (χ2v) is 8.11. The molecule has 0 radical (unpaired) electrons. The van der Waals surface area contributed by atoms with Gasteiger partial charge in [-0.05, 0) is 50.4 Å². The van der Waals surface area contributed by atoms with Gasteiger partial charge in [0.05, 0.1) is 11.7 Å². The van der Waals surface area contributed by atoms with Crippen molar-refractivity contribution >= 4 is 0 Å². The average molecular weight is 313 g/mol. The third-order valence-corrected chi connectivity index (χ3v) is 5.33. The van der Waals surface area contributed by atoms with Crippen LogP contribution in [0.2, 0.25) is 0 Å². The lowest BCUT2D eigenvalue weighted by molar-refractivity contribution is -0.123. The van der Waals surface area contributed by atoms with Gasteiger partial charge in [0, 0.05) is 13.2 Å². The summed E-state index contributed by atoms with van der Waals surface area (Å²) in [5, 5.41) is 0. The summed E-state index contributed by atoms with van der Waals surface area (Å²) in [7, 11) is 0. The van der Waals surface area contributed by atoms with E-state index in [0.29, 0.717) is 17.9 Å². The number of ether oxygens (including phenoxy) is 2. The Labute approximate surface area is 139 Å². The van der Waals surface area contributed by atoms with Crippen LogP contribution in [0, 0.1) is 17.8 Å². The molecule has 2 nitrogen and oxygen atoms in total. The lowest BCUT2D eigenvalue weighted by Crippen LogP contribution is -2.43. The Morgan fingerprint density at radius 1 is 1.18 bits per heavy atom. The molecular formula is C20H40O2. The molecule has 1 rings (SSSR count). The first-order chi connectivity index (χ1) is 10.4. The largest absolute Gasteiger partial charge is 0.378 e. The molecule has 0 saturated heterocycles. The number of hydrogen-bond acceptors (Lipinski definition) is 2. The fourth-order valence-electron chi connectivity index (χ4n) is 3.81. The van der Waals surface area contributed by atoms with Gasteiger partial charge in [-0.1, -0.05) is 53.9 Å². The normalized spacial score (nSPS) is 28.8. The fraction of sp³-hybridized carbons (Fsp3) is 1.00. The van der Waals surface area contributed by atoms with Gasteiger partial charge in [-0.2, -0.15) is 0 Å². The third-order valence-electron chi connectivity index (χ3n) is 5.33. The van der Waals surface area contributed by atoms with Crippen molar-refractivity contribution in [2.24, 2.45) is 17.8 Å². The molecule has 22 heavy (non-hydrogen) atoms. The van der Waals surface area contributed by atoms with E-state index >= 15 is 0 Å². The van der Waals surface area contributed by atoms with E-state index in [-0.39, 0.29) is 5.60 Å². The van der Waals surface area contributed by atoms with Gasteiger partial charge in [0.15, 0.2) is 0 Å². The molecule has 1 aliphatic rings. The first-order valence-corrected chi connectivity index (χ1v) is 9.65. The summed E-state index contributed by atoms with van der Waals surface area (Å²) in [6.07, 6.45) is 9.01. The molecule has 0 heterocycles. The standard InChI is InChI=1S/C20H40O2/c1-7-8-12-21-19(6)13-18(5)15-22-20(16(2)3)11-9-10-17(4)14-20/h16-19H,7-15H2,1-6H3. The molecule has 0 spiro atoms. The van der Waals surface area contributed by atoms with Crippen LogP contribution in [0.3, 0.4) is 0 Å². The molecule has 0 bridgehead atoms. The van der Waals surface area contributed by atoms with E-state index in [1.54, 1.807) is 0 Å². The summed E-state index contributed by atoms with van der Waals surface area (Å²) in [6, 6.07) is 0. The Kier molecular flexibility index (Phi) is 9.01. The molecular weight excluding hydrogens is 272 g/mol. The zero-order valence-corrected chi connectivity index (χ0v) is 16.0. The Bertz CT molecular complexity index is 289. The zero-order valence-electron chi connectivity index (χ0n) is 16.0. The van der Waals surface area contributed by atoms with E-state index in [1.165, 1.54) is 38.5 Å². The van der Waals surface area contributed by atoms with Gasteiger partial charge in [-0.15, -0.1) is 0 Å². The quantitative estimate of drug-likeness (QED) is 0.472. The molecule has 0 aromatic rings. The molecule has 1 saturated carbocycles. The summed E-state index contributed by atoms with van der Waals surface area (Å²) >= 11 is 0. The fourth-order valence-corrected chi connectivity index (χ4v) is 3.81. The van der Waals surface area contributed by atoms with Crippen molar-refractivity contribution in [3.63, 3.8) is 0 Å². The van der Waals surface area contributed by atoms with E-state index in [1.807, 2.05) is 0 Å². The van der Waals surface area contributed by atoms with Crippen molar-refractivity contribution in [3.05, 3.63) is 0 Å². The minimum Gasteiger partial charge on any atom is -0.378 e. The number of hydrogen-bond donors (Lipinski definition) is 0. The first kappa shape index (κ1) is 20.0. The highest BCUT2D eigenvalue weighted by atomic mass is 16.5. The van der Waals surface area contributed by atoms with E-state index in [4.69, 9.17) is 9.47 Å². The molecule has 0 aromatic heterocycles. The maximum Gasteiger partial charge on any atom is 0.0708 e. The molecule has 0 amide bonds. The van der Waals surface area contributed by atoms with Crippen LogP contribution < -0.4 is 0 Å². The minimum absolute atomic E-state index is 0.123. The summed E-state index contributed by atoms with van der Waals surface area (Å²) < 4.78 is 12.4. The van der Waals surface area contributed by atoms with Gasteiger partial charge in [0.1, 0.15) is 0 Å². The van der Waals surface area contributed by atoms with Gasteiger partial charge in [0.2, 0.25) is 0 Å². The molecule has 132 valence electrons. The van der Waals surface area contributed by atoms with Crippen LogP contribution in [0.1, 0.15) is 86.5 Å².